The number of Topliss-reactive ketones (excluding diaryl/α,β-unsaturated/α-hetero) is 1. The number of allylic oxidation sites excluding steroid dienone is 1. The van der Waals surface area contributed by atoms with Gasteiger partial charge in [0.25, 0.3) is 0 Å². The molecule has 0 aromatic heterocycles. The Kier molecular flexibility index (Phi) is 3.83. The van der Waals surface area contributed by atoms with E-state index in [9.17, 15) is 19.8 Å². The number of hydrogen-bond donors (Lipinski definition) is 2. The van der Waals surface area contributed by atoms with Crippen LogP contribution in [0, 0.1) is 28.6 Å². The smallest absolute Gasteiger partial charge is 0.190 e. The van der Waals surface area contributed by atoms with Crippen molar-refractivity contribution in [2.45, 2.75) is 70.8 Å². The molecule has 3 saturated carbocycles. The molecule has 2 N–H and O–H groups in total. The van der Waals surface area contributed by atoms with E-state index in [2.05, 4.69) is 13.8 Å². The maximum Gasteiger partial charge on any atom is 0.190 e. The molecule has 0 aromatic carbocycles. The first kappa shape index (κ1) is 17.4. The zero-order valence-corrected chi connectivity index (χ0v) is 15.4. The third kappa shape index (κ3) is 2.13. The molecule has 4 rings (SSSR count). The largest absolute Gasteiger partial charge is 0.388 e. The molecular weight excluding hydrogens is 316 g/mol. The summed E-state index contributed by atoms with van der Waals surface area (Å²) in [6, 6.07) is 0. The third-order valence-electron chi connectivity index (χ3n) is 8.72. The summed E-state index contributed by atoms with van der Waals surface area (Å²) in [5, 5.41) is 20.5. The van der Waals surface area contributed by atoms with Crippen LogP contribution < -0.4 is 0 Å². The Bertz CT molecular complexity index is 652. The van der Waals surface area contributed by atoms with Crippen LogP contribution in [0.5, 0.6) is 0 Å². The van der Waals surface area contributed by atoms with Crippen molar-refractivity contribution in [1.29, 1.82) is 0 Å². The Morgan fingerprint density at radius 2 is 1.84 bits per heavy atom. The van der Waals surface area contributed by atoms with Gasteiger partial charge in [-0.05, 0) is 74.2 Å². The molecular formula is C21H30O4. The molecule has 0 amide bonds. The third-order valence-corrected chi connectivity index (χ3v) is 8.72. The average molecular weight is 346 g/mol. The molecule has 0 heterocycles. The zero-order chi connectivity index (χ0) is 18.0. The van der Waals surface area contributed by atoms with Crippen LogP contribution in [-0.4, -0.2) is 34.0 Å². The van der Waals surface area contributed by atoms with E-state index in [-0.39, 0.29) is 11.2 Å². The van der Waals surface area contributed by atoms with Crippen molar-refractivity contribution in [3.05, 3.63) is 11.6 Å². The average Bonchev–Trinajstić information content (AvgIpc) is 2.87. The van der Waals surface area contributed by atoms with Gasteiger partial charge in [0.2, 0.25) is 0 Å². The molecule has 4 nitrogen and oxygen atoms in total. The summed E-state index contributed by atoms with van der Waals surface area (Å²) >= 11 is 0. The van der Waals surface area contributed by atoms with Gasteiger partial charge >= 0.3 is 0 Å². The monoisotopic (exact) mass is 346 g/mol. The molecule has 4 aliphatic carbocycles. The number of fused-ring (bicyclic) bond motifs is 5. The van der Waals surface area contributed by atoms with E-state index in [0.717, 1.165) is 38.5 Å². The highest BCUT2D eigenvalue weighted by atomic mass is 16.3. The van der Waals surface area contributed by atoms with Crippen molar-refractivity contribution in [1.82, 2.24) is 0 Å². The lowest BCUT2D eigenvalue weighted by molar-refractivity contribution is -0.164. The highest BCUT2D eigenvalue weighted by molar-refractivity contribution is 5.91. The van der Waals surface area contributed by atoms with Gasteiger partial charge in [-0.15, -0.1) is 0 Å². The van der Waals surface area contributed by atoms with E-state index in [4.69, 9.17) is 0 Å². The Labute approximate surface area is 149 Å². The standard InChI is InChI=1S/C21H30O4/c1-19-8-5-14(23)11-13(19)3-4-15-16(19)6-9-20(2)17(15)7-10-21(20,25)18(24)12-22/h11,15-17,22,25H,3-10,12H2,1-2H3/t15?,16?,17?,19?,20?,21-/m0/s1. The minimum Gasteiger partial charge on any atom is -0.388 e. The molecule has 0 aromatic rings. The van der Waals surface area contributed by atoms with Crippen molar-refractivity contribution >= 4 is 11.6 Å². The summed E-state index contributed by atoms with van der Waals surface area (Å²) in [4.78, 5) is 24.2. The highest BCUT2D eigenvalue weighted by Crippen LogP contribution is 2.67. The molecule has 0 spiro atoms. The predicted molar refractivity (Wildman–Crippen MR) is 93.8 cm³/mol. The summed E-state index contributed by atoms with van der Waals surface area (Å²) in [5.41, 5.74) is -0.333. The molecule has 0 bridgehead atoms. The topological polar surface area (TPSA) is 74.6 Å². The van der Waals surface area contributed by atoms with Crippen LogP contribution in [0.2, 0.25) is 0 Å². The van der Waals surface area contributed by atoms with Gasteiger partial charge in [-0.1, -0.05) is 19.4 Å². The molecule has 4 aliphatic rings. The molecule has 5 unspecified atom stereocenters. The first-order valence-electron chi connectivity index (χ1n) is 9.87. The number of hydrogen-bond acceptors (Lipinski definition) is 4. The molecule has 0 radical (unpaired) electrons. The second-order valence-corrected chi connectivity index (χ2v) is 9.41. The fourth-order valence-electron chi connectivity index (χ4n) is 7.16. The van der Waals surface area contributed by atoms with Gasteiger partial charge in [-0.2, -0.15) is 0 Å². The molecule has 4 heteroatoms. The molecule has 0 saturated heterocycles. The molecule has 6 atom stereocenters. The Morgan fingerprint density at radius 3 is 2.56 bits per heavy atom. The SMILES string of the molecule is CC12CCC(=O)C=C1CCC1C2CCC2(C)C1CC[C@]2(O)C(=O)CO. The number of aliphatic hydroxyl groups excluding tert-OH is 1. The summed E-state index contributed by atoms with van der Waals surface area (Å²) in [7, 11) is 0. The Morgan fingerprint density at radius 1 is 1.12 bits per heavy atom. The number of rotatable bonds is 2. The van der Waals surface area contributed by atoms with Crippen LogP contribution >= 0.6 is 0 Å². The zero-order valence-electron chi connectivity index (χ0n) is 15.4. The Balaban J connectivity index is 1.68. The van der Waals surface area contributed by atoms with Crippen molar-refractivity contribution in [3.63, 3.8) is 0 Å². The number of carbonyl (C=O) groups excluding carboxylic acids is 2. The first-order chi connectivity index (χ1) is 11.8. The summed E-state index contributed by atoms with van der Waals surface area (Å²) < 4.78 is 0. The summed E-state index contributed by atoms with van der Waals surface area (Å²) in [6.07, 6.45) is 8.72. The van der Waals surface area contributed by atoms with Gasteiger partial charge in [0.05, 0.1) is 0 Å². The lowest BCUT2D eigenvalue weighted by Crippen LogP contribution is -2.58. The van der Waals surface area contributed by atoms with Crippen molar-refractivity contribution in [2.75, 3.05) is 6.61 Å². The van der Waals surface area contributed by atoms with E-state index >= 15 is 0 Å². The van der Waals surface area contributed by atoms with Crippen molar-refractivity contribution in [3.8, 4) is 0 Å². The summed E-state index contributed by atoms with van der Waals surface area (Å²) in [5.74, 6) is 1.26. The fraction of sp³-hybridized carbons (Fsp3) is 0.810. The van der Waals surface area contributed by atoms with Crippen molar-refractivity contribution < 1.29 is 19.8 Å². The van der Waals surface area contributed by atoms with E-state index in [0.29, 0.717) is 30.6 Å². The van der Waals surface area contributed by atoms with Crippen LogP contribution in [0.1, 0.15) is 65.2 Å². The maximum atomic E-state index is 12.3. The van der Waals surface area contributed by atoms with Gasteiger partial charge in [0, 0.05) is 11.8 Å². The minimum atomic E-state index is -1.36. The van der Waals surface area contributed by atoms with E-state index < -0.39 is 23.4 Å². The predicted octanol–water partition coefficient (Wildman–Crippen LogP) is 2.81. The van der Waals surface area contributed by atoms with E-state index in [1.54, 1.807) is 0 Å². The second kappa shape index (κ2) is 5.50. The second-order valence-electron chi connectivity index (χ2n) is 9.41. The van der Waals surface area contributed by atoms with E-state index in [1.165, 1.54) is 5.57 Å². The van der Waals surface area contributed by atoms with Gasteiger partial charge in [0.1, 0.15) is 12.2 Å². The van der Waals surface area contributed by atoms with Crippen LogP contribution in [-0.2, 0) is 9.59 Å². The molecule has 3 fully saturated rings. The Hall–Kier alpha value is -1.00. The van der Waals surface area contributed by atoms with E-state index in [1.807, 2.05) is 6.08 Å². The minimum absolute atomic E-state index is 0.111. The van der Waals surface area contributed by atoms with Gasteiger partial charge < -0.3 is 10.2 Å². The molecule has 138 valence electrons. The highest BCUT2D eigenvalue weighted by Gasteiger charge is 2.65. The number of carbonyl (C=O) groups is 2. The quantitative estimate of drug-likeness (QED) is 0.806. The lowest BCUT2D eigenvalue weighted by atomic mass is 9.46. The van der Waals surface area contributed by atoms with Crippen LogP contribution in [0.4, 0.5) is 0 Å². The van der Waals surface area contributed by atoms with Crippen molar-refractivity contribution in [2.24, 2.45) is 28.6 Å². The fourth-order valence-corrected chi connectivity index (χ4v) is 7.16. The van der Waals surface area contributed by atoms with Gasteiger partial charge in [-0.25, -0.2) is 0 Å². The lowest BCUT2D eigenvalue weighted by Gasteiger charge is -2.58. The molecule has 0 aliphatic heterocycles. The van der Waals surface area contributed by atoms with Gasteiger partial charge in [-0.3, -0.25) is 9.59 Å². The first-order valence-corrected chi connectivity index (χ1v) is 9.87. The molecule has 25 heavy (non-hydrogen) atoms. The van der Waals surface area contributed by atoms with Crippen LogP contribution in [0.25, 0.3) is 0 Å². The summed E-state index contributed by atoms with van der Waals surface area (Å²) in [6.45, 7) is 3.84. The van der Waals surface area contributed by atoms with Crippen LogP contribution in [0.3, 0.4) is 0 Å². The number of aliphatic hydroxyl groups is 2. The normalized spacial score (nSPS) is 49.0. The number of ketones is 2. The van der Waals surface area contributed by atoms with Crippen LogP contribution in [0.15, 0.2) is 11.6 Å². The maximum absolute atomic E-state index is 12.3. The van der Waals surface area contributed by atoms with Gasteiger partial charge in [0.15, 0.2) is 11.6 Å².